The molecule has 0 rings (SSSR count). The first-order valence-electron chi connectivity index (χ1n) is 7.12. The lowest BCUT2D eigenvalue weighted by molar-refractivity contribution is 0.0931. The Morgan fingerprint density at radius 3 is 1.41 bits per heavy atom. The minimum absolute atomic E-state index is 0.0980. The first-order chi connectivity index (χ1) is 10.3. The zero-order valence-corrected chi connectivity index (χ0v) is 17.0. The first kappa shape index (κ1) is 22.1. The molecule has 0 aliphatic heterocycles. The highest BCUT2D eigenvalue weighted by Crippen LogP contribution is 2.23. The molecule has 0 amide bonds. The van der Waals surface area contributed by atoms with Crippen molar-refractivity contribution in [1.82, 2.24) is 0 Å². The van der Waals surface area contributed by atoms with E-state index in [2.05, 4.69) is 0 Å². The van der Waals surface area contributed by atoms with Crippen LogP contribution in [0.4, 0.5) is 0 Å². The molecule has 0 aromatic carbocycles. The molecule has 0 fully saturated rings. The summed E-state index contributed by atoms with van der Waals surface area (Å²) < 4.78 is 57.6. The van der Waals surface area contributed by atoms with Crippen LogP contribution in [0.5, 0.6) is 0 Å². The van der Waals surface area contributed by atoms with Gasteiger partial charge in [-0.2, -0.15) is 0 Å². The third-order valence-electron chi connectivity index (χ3n) is 2.95. The van der Waals surface area contributed by atoms with Gasteiger partial charge in [0, 0.05) is 47.2 Å². The average Bonchev–Trinajstić information content (AvgIpc) is 2.50. The van der Waals surface area contributed by atoms with E-state index in [1.807, 2.05) is 0 Å². The van der Waals surface area contributed by atoms with Crippen molar-refractivity contribution in [2.24, 2.45) is 0 Å². The molecule has 0 aliphatic carbocycles. The first-order valence-corrected chi connectivity index (χ1v) is 13.2. The molecule has 11 heteroatoms. The van der Waals surface area contributed by atoms with Gasteiger partial charge in [0.05, 0.1) is 5.75 Å². The second kappa shape index (κ2) is 10.1. The molecule has 0 heterocycles. The van der Waals surface area contributed by atoms with E-state index < -0.39 is 26.0 Å². The largest absolute Gasteiger partial charge is 0.634 e. The molecule has 0 aromatic rings. The minimum Gasteiger partial charge on any atom is -0.377 e. The van der Waals surface area contributed by atoms with E-state index in [0.29, 0.717) is 0 Å². The highest BCUT2D eigenvalue weighted by molar-refractivity contribution is 8.19. The van der Waals surface area contributed by atoms with Crippen LogP contribution >= 0.6 is 0 Å². The van der Waals surface area contributed by atoms with Gasteiger partial charge in [-0.15, -0.1) is 0 Å². The minimum atomic E-state index is -3.83. The Hall–Kier alpha value is 0.144. The normalized spacial score (nSPS) is 13.5. The Bertz CT molecular complexity index is 374. The van der Waals surface area contributed by atoms with Crippen LogP contribution in [-0.4, -0.2) is 72.1 Å². The van der Waals surface area contributed by atoms with Crippen molar-refractivity contribution in [3.63, 3.8) is 0 Å². The summed E-state index contributed by atoms with van der Waals surface area (Å²) in [5, 5.41) is 0. The van der Waals surface area contributed by atoms with Crippen molar-refractivity contribution >= 4 is 26.0 Å². The van der Waals surface area contributed by atoms with Crippen molar-refractivity contribution in [3.8, 4) is 0 Å². The molecule has 0 saturated heterocycles. The van der Waals surface area contributed by atoms with Crippen molar-refractivity contribution in [1.29, 1.82) is 0 Å². The van der Waals surface area contributed by atoms with Crippen molar-refractivity contribution in [3.05, 3.63) is 0 Å². The zero-order valence-electron chi connectivity index (χ0n) is 14.2. The van der Waals surface area contributed by atoms with E-state index >= 15 is 0 Å². The smallest absolute Gasteiger partial charge is 0.377 e. The van der Waals surface area contributed by atoms with E-state index in [0.717, 1.165) is 0 Å². The lowest BCUT2D eigenvalue weighted by atomic mass is 10.9. The van der Waals surface area contributed by atoms with Crippen LogP contribution in [-0.2, 0) is 35.8 Å². The topological polar surface area (TPSA) is 89.5 Å². The molecule has 22 heavy (non-hydrogen) atoms. The van der Waals surface area contributed by atoms with Crippen molar-refractivity contribution in [2.45, 2.75) is 26.8 Å². The fraction of sp³-hybridized carbons (Fsp3) is 1.00. The maximum absolute atomic E-state index is 12.8. The molecule has 0 spiro atoms. The predicted octanol–water partition coefficient (Wildman–Crippen LogP) is 0.824. The van der Waals surface area contributed by atoms with Crippen molar-refractivity contribution in [2.75, 3.05) is 46.9 Å². The molecule has 8 nitrogen and oxygen atoms in total. The van der Waals surface area contributed by atoms with Crippen LogP contribution in [0.25, 0.3) is 0 Å². The van der Waals surface area contributed by atoms with Crippen molar-refractivity contribution < 1.29 is 35.0 Å². The van der Waals surface area contributed by atoms with E-state index in [9.17, 15) is 8.42 Å². The van der Waals surface area contributed by atoms with E-state index in [-0.39, 0.29) is 31.6 Å². The molecular formula is C11H28O8SSi2. The summed E-state index contributed by atoms with van der Waals surface area (Å²) in [5.74, 6) is -0.249. The van der Waals surface area contributed by atoms with Crippen LogP contribution in [0.15, 0.2) is 0 Å². The van der Waals surface area contributed by atoms with Gasteiger partial charge in [0.1, 0.15) is 0 Å². The number of rotatable bonds is 13. The molecule has 0 saturated carbocycles. The summed E-state index contributed by atoms with van der Waals surface area (Å²) in [5.41, 5.74) is 0. The van der Waals surface area contributed by atoms with Gasteiger partial charge in [-0.1, -0.05) is 0 Å². The molecule has 134 valence electrons. The lowest BCUT2D eigenvalue weighted by Gasteiger charge is -2.29. The summed E-state index contributed by atoms with van der Waals surface area (Å²) in [4.78, 5) is 0. The van der Waals surface area contributed by atoms with Gasteiger partial charge in [0.25, 0.3) is 0 Å². The summed E-state index contributed by atoms with van der Waals surface area (Å²) in [6.07, 6.45) is 0. The van der Waals surface area contributed by atoms with E-state index in [1.54, 1.807) is 20.8 Å². The van der Waals surface area contributed by atoms with Gasteiger partial charge in [0.2, 0.25) is 9.29 Å². The Morgan fingerprint density at radius 2 is 1.14 bits per heavy atom. The van der Waals surface area contributed by atoms with Gasteiger partial charge in [-0.3, -0.25) is 0 Å². The van der Waals surface area contributed by atoms with Crippen LogP contribution in [0.2, 0.25) is 6.04 Å². The fourth-order valence-electron chi connectivity index (χ4n) is 1.87. The molecule has 0 aromatic heterocycles. The second-order valence-electron chi connectivity index (χ2n) is 4.16. The van der Waals surface area contributed by atoms with Gasteiger partial charge in [0.15, 0.2) is 0 Å². The maximum Gasteiger partial charge on any atom is 0.634 e. The second-order valence-corrected chi connectivity index (χ2v) is 14.1. The highest BCUT2D eigenvalue weighted by Gasteiger charge is 2.57. The monoisotopic (exact) mass is 376 g/mol. The third kappa shape index (κ3) is 5.35. The molecule has 0 bridgehead atoms. The average molecular weight is 377 g/mol. The number of hydrogen-bond donors (Lipinski definition) is 0. The lowest BCUT2D eigenvalue weighted by Crippen LogP contribution is -2.56. The Morgan fingerprint density at radius 1 is 0.773 bits per heavy atom. The van der Waals surface area contributed by atoms with Crippen LogP contribution < -0.4 is 0 Å². The quantitative estimate of drug-likeness (QED) is 0.437. The van der Waals surface area contributed by atoms with Gasteiger partial charge in [-0.25, -0.2) is 8.42 Å². The van der Waals surface area contributed by atoms with Crippen LogP contribution in [0.3, 0.4) is 0 Å². The summed E-state index contributed by atoms with van der Waals surface area (Å²) in [6, 6.07) is 0.0980. The summed E-state index contributed by atoms with van der Waals surface area (Å²) >= 11 is 0. The zero-order chi connectivity index (χ0) is 17.3. The van der Waals surface area contributed by atoms with Gasteiger partial charge < -0.3 is 26.6 Å². The molecule has 0 unspecified atom stereocenters. The standard InChI is InChI=1S/C11H28O8SSi2/c1-7-17-22(18-8-2,19-9-3)20(12,13)10-11-21(14-4,15-5)16-6/h7-11H2,1-6H3. The highest BCUT2D eigenvalue weighted by atomic mass is 32.4. The number of hydrogen-bond acceptors (Lipinski definition) is 8. The predicted molar refractivity (Wildman–Crippen MR) is 86.0 cm³/mol. The van der Waals surface area contributed by atoms with Crippen LogP contribution in [0.1, 0.15) is 20.8 Å². The molecule has 0 N–H and O–H groups in total. The molecule has 0 radical (unpaired) electrons. The third-order valence-corrected chi connectivity index (χ3v) is 13.4. The van der Waals surface area contributed by atoms with E-state index in [4.69, 9.17) is 26.6 Å². The Balaban J connectivity index is 5.35. The maximum atomic E-state index is 12.8. The van der Waals surface area contributed by atoms with Crippen LogP contribution in [0, 0.1) is 0 Å². The molecule has 0 aliphatic rings. The SMILES string of the molecule is CCO[Si](OCC)(OCC)S(=O)(=O)CC[Si](OC)(OC)OC. The Labute approximate surface area is 135 Å². The van der Waals surface area contributed by atoms with Gasteiger partial charge >= 0.3 is 16.8 Å². The summed E-state index contributed by atoms with van der Waals surface area (Å²) in [7, 11) is -6.29. The molecular weight excluding hydrogens is 348 g/mol. The molecule has 0 atom stereocenters. The fourth-order valence-corrected chi connectivity index (χ4v) is 11.5. The summed E-state index contributed by atoms with van der Waals surface area (Å²) in [6.45, 7) is 5.67. The van der Waals surface area contributed by atoms with Gasteiger partial charge in [-0.05, 0) is 20.8 Å². The van der Waals surface area contributed by atoms with E-state index in [1.165, 1.54) is 21.3 Å². The Kier molecular flexibility index (Phi) is 10.2.